The first kappa shape index (κ1) is 63.2. The Morgan fingerprint density at radius 3 is 0.904 bits per heavy atom. The van der Waals surface area contributed by atoms with E-state index in [0.29, 0.717) is 85.0 Å². The van der Waals surface area contributed by atoms with Crippen molar-refractivity contribution in [2.75, 3.05) is 91.8 Å². The molecule has 4 atom stereocenters. The van der Waals surface area contributed by atoms with E-state index < -0.39 is 47.7 Å². The summed E-state index contributed by atoms with van der Waals surface area (Å²) in [5.74, 6) is -4.28. The van der Waals surface area contributed by atoms with Crippen molar-refractivity contribution in [2.45, 2.75) is 58.5 Å². The molecule has 1 aliphatic rings. The Morgan fingerprint density at radius 2 is 0.651 bits per heavy atom. The van der Waals surface area contributed by atoms with E-state index in [1.165, 1.54) is 0 Å². The third-order valence-electron chi connectivity index (χ3n) is 14.6. The number of rotatable bonds is 32. The van der Waals surface area contributed by atoms with Crippen LogP contribution in [-0.2, 0) is 87.2 Å². The number of carbonyl (C=O) groups excluding carboxylic acids is 3. The Bertz CT molecular complexity index is 2660. The topological polar surface area (TPSA) is 157 Å². The molecule has 0 saturated carbocycles. The summed E-state index contributed by atoms with van der Waals surface area (Å²) in [6.45, 7) is 9.28. The fourth-order valence-corrected chi connectivity index (χ4v) is 9.89. The van der Waals surface area contributed by atoms with Gasteiger partial charge >= 0.3 is 23.9 Å². The smallest absolute Gasteiger partial charge is 0.320 e. The number of ether oxygens (including phenoxy) is 6. The maximum absolute atomic E-state index is 14.4. The van der Waals surface area contributed by atoms with Gasteiger partial charge in [-0.15, -0.1) is 6.58 Å². The standard InChI is InChI=1S/C68H82N4O11/c1-2-3-34-64(65(73)74)72-41-39-70(44-62(53-79-47-56-24-12-5-13-25-56)67(76)82-50-59-30-18-8-19-31-59)37-35-69(43-61(52-78-46-55-22-10-4-11-23-55)66(75)81-49-58-28-16-7-17-29-58)36-38-71(40-42-72)45-63(54-80-48-57-26-14-6-15-27-57)68(77)83-51-60-32-20-9-21-33-60/h2,4-33,61-64H,1,3,34-54H2,(H,73,74)/t61-,62-,63-,64-/m0/s1. The Balaban J connectivity index is 1.19. The first-order chi connectivity index (χ1) is 40.7. The third-order valence-corrected chi connectivity index (χ3v) is 14.6. The molecule has 1 aliphatic heterocycles. The number of nitrogens with zero attached hydrogens (tertiary/aromatic N) is 4. The molecule has 1 heterocycles. The minimum Gasteiger partial charge on any atom is -0.480 e. The van der Waals surface area contributed by atoms with E-state index in [9.17, 15) is 24.3 Å². The van der Waals surface area contributed by atoms with Crippen LogP contribution in [0.2, 0.25) is 0 Å². The fourth-order valence-electron chi connectivity index (χ4n) is 9.89. The molecule has 0 amide bonds. The van der Waals surface area contributed by atoms with Gasteiger partial charge in [-0.1, -0.05) is 188 Å². The van der Waals surface area contributed by atoms with Gasteiger partial charge in [-0.25, -0.2) is 0 Å². The van der Waals surface area contributed by atoms with Crippen LogP contribution < -0.4 is 0 Å². The van der Waals surface area contributed by atoms with Gasteiger partial charge < -0.3 is 33.5 Å². The number of allylic oxidation sites excluding steroid dienone is 1. The predicted octanol–water partition coefficient (Wildman–Crippen LogP) is 9.36. The molecule has 1 fully saturated rings. The zero-order valence-corrected chi connectivity index (χ0v) is 47.8. The van der Waals surface area contributed by atoms with E-state index in [2.05, 4.69) is 21.3 Å². The second kappa shape index (κ2) is 36.3. The van der Waals surface area contributed by atoms with Gasteiger partial charge in [0.25, 0.3) is 0 Å². The van der Waals surface area contributed by atoms with Gasteiger partial charge in [-0.2, -0.15) is 0 Å². The molecule has 440 valence electrons. The molecule has 0 radical (unpaired) electrons. The summed E-state index contributed by atoms with van der Waals surface area (Å²) in [6.07, 6.45) is 2.56. The highest BCUT2D eigenvalue weighted by Crippen LogP contribution is 2.18. The molecule has 15 nitrogen and oxygen atoms in total. The second-order valence-corrected chi connectivity index (χ2v) is 21.0. The molecular formula is C68H82N4O11. The summed E-state index contributed by atoms with van der Waals surface area (Å²) >= 11 is 0. The van der Waals surface area contributed by atoms with Crippen LogP contribution in [0, 0.1) is 17.8 Å². The van der Waals surface area contributed by atoms with Crippen LogP contribution in [0.1, 0.15) is 46.2 Å². The summed E-state index contributed by atoms with van der Waals surface area (Å²) < 4.78 is 37.0. The lowest BCUT2D eigenvalue weighted by molar-refractivity contribution is -0.154. The average Bonchev–Trinajstić information content (AvgIpc) is 3.52. The second-order valence-electron chi connectivity index (χ2n) is 21.0. The van der Waals surface area contributed by atoms with Crippen molar-refractivity contribution < 1.29 is 52.7 Å². The van der Waals surface area contributed by atoms with E-state index in [1.54, 1.807) is 6.08 Å². The largest absolute Gasteiger partial charge is 0.480 e. The maximum Gasteiger partial charge on any atom is 0.320 e. The Labute approximate surface area is 490 Å². The van der Waals surface area contributed by atoms with Crippen LogP contribution in [0.5, 0.6) is 0 Å². The molecular weight excluding hydrogens is 1050 g/mol. The summed E-state index contributed by atoms with van der Waals surface area (Å²) in [5.41, 5.74) is 5.48. The summed E-state index contributed by atoms with van der Waals surface area (Å²) in [5, 5.41) is 10.9. The van der Waals surface area contributed by atoms with Crippen LogP contribution in [-0.4, -0.2) is 146 Å². The van der Waals surface area contributed by atoms with Crippen molar-refractivity contribution >= 4 is 23.9 Å². The van der Waals surface area contributed by atoms with Gasteiger partial charge in [-0.3, -0.25) is 38.8 Å². The van der Waals surface area contributed by atoms with Gasteiger partial charge in [-0.05, 0) is 46.2 Å². The van der Waals surface area contributed by atoms with Gasteiger partial charge in [0.1, 0.15) is 25.9 Å². The predicted molar refractivity (Wildman–Crippen MR) is 319 cm³/mol. The van der Waals surface area contributed by atoms with Crippen molar-refractivity contribution in [1.82, 2.24) is 19.6 Å². The van der Waals surface area contributed by atoms with Crippen LogP contribution in [0.4, 0.5) is 0 Å². The zero-order chi connectivity index (χ0) is 58.1. The van der Waals surface area contributed by atoms with Crippen LogP contribution >= 0.6 is 0 Å². The highest BCUT2D eigenvalue weighted by Gasteiger charge is 2.32. The van der Waals surface area contributed by atoms with Crippen molar-refractivity contribution in [3.05, 3.63) is 228 Å². The van der Waals surface area contributed by atoms with E-state index in [1.807, 2.05) is 187 Å². The number of aliphatic carboxylic acids is 1. The third kappa shape index (κ3) is 23.4. The molecule has 1 N–H and O–H groups in total. The Hall–Kier alpha value is -7.34. The number of esters is 3. The quantitative estimate of drug-likeness (QED) is 0.0242. The molecule has 6 aromatic rings. The molecule has 0 bridgehead atoms. The molecule has 0 unspecified atom stereocenters. The van der Waals surface area contributed by atoms with Crippen LogP contribution in [0.25, 0.3) is 0 Å². The first-order valence-corrected chi connectivity index (χ1v) is 28.9. The van der Waals surface area contributed by atoms with Gasteiger partial charge in [0.05, 0.1) is 57.4 Å². The van der Waals surface area contributed by atoms with E-state index in [0.717, 1.165) is 33.4 Å². The van der Waals surface area contributed by atoms with Crippen molar-refractivity contribution in [3.63, 3.8) is 0 Å². The maximum atomic E-state index is 14.4. The van der Waals surface area contributed by atoms with Gasteiger partial charge in [0.2, 0.25) is 0 Å². The first-order valence-electron chi connectivity index (χ1n) is 28.9. The van der Waals surface area contributed by atoms with E-state index in [-0.39, 0.29) is 59.3 Å². The number of carboxylic acids is 1. The van der Waals surface area contributed by atoms with Crippen molar-refractivity contribution in [3.8, 4) is 0 Å². The molecule has 15 heteroatoms. The Kier molecular flexibility index (Phi) is 27.6. The number of hydrogen-bond donors (Lipinski definition) is 1. The molecule has 1 saturated heterocycles. The highest BCUT2D eigenvalue weighted by molar-refractivity contribution is 5.74. The summed E-state index contributed by atoms with van der Waals surface area (Å²) in [6, 6.07) is 57.2. The van der Waals surface area contributed by atoms with Crippen LogP contribution in [0.3, 0.4) is 0 Å². The van der Waals surface area contributed by atoms with Crippen LogP contribution in [0.15, 0.2) is 195 Å². The lowest BCUT2D eigenvalue weighted by Gasteiger charge is -2.38. The van der Waals surface area contributed by atoms with Gasteiger partial charge in [0.15, 0.2) is 0 Å². The average molecular weight is 1130 g/mol. The summed E-state index contributed by atoms with van der Waals surface area (Å²) in [7, 11) is 0. The van der Waals surface area contributed by atoms with Crippen molar-refractivity contribution in [1.29, 1.82) is 0 Å². The normalized spacial score (nSPS) is 15.6. The number of benzene rings is 6. The zero-order valence-electron chi connectivity index (χ0n) is 47.8. The summed E-state index contributed by atoms with van der Waals surface area (Å²) in [4.78, 5) is 64.9. The Morgan fingerprint density at radius 1 is 0.398 bits per heavy atom. The molecule has 83 heavy (non-hydrogen) atoms. The molecule has 7 rings (SSSR count). The minimum absolute atomic E-state index is 0.0799. The molecule has 0 aliphatic carbocycles. The van der Waals surface area contributed by atoms with Gasteiger partial charge in [0, 0.05) is 72.0 Å². The SMILES string of the molecule is C=CCC[C@@H](C(=O)O)N1CCN(C[C@@H](COCc2ccccc2)C(=O)OCc2ccccc2)CCN(C[C@@H](COCc2ccccc2)C(=O)OCc2ccccc2)CCN(C[C@@H](COCc2ccccc2)C(=O)OCc2ccccc2)CC1. The number of carbonyl (C=O) groups is 4. The number of carboxylic acid groups (broad SMARTS) is 1. The lowest BCUT2D eigenvalue weighted by Crippen LogP contribution is -2.52. The van der Waals surface area contributed by atoms with Crippen molar-refractivity contribution in [2.24, 2.45) is 17.8 Å². The number of hydrogen-bond acceptors (Lipinski definition) is 14. The monoisotopic (exact) mass is 1130 g/mol. The molecule has 0 aromatic heterocycles. The van der Waals surface area contributed by atoms with E-state index >= 15 is 0 Å². The highest BCUT2D eigenvalue weighted by atomic mass is 16.5. The molecule has 0 spiro atoms. The minimum atomic E-state index is -0.948. The van der Waals surface area contributed by atoms with E-state index in [4.69, 9.17) is 28.4 Å². The molecule has 6 aromatic carbocycles. The fraction of sp³-hybridized carbons (Fsp3) is 0.382. The lowest BCUT2D eigenvalue weighted by atomic mass is 10.1.